The first-order chi connectivity index (χ1) is 11.4. The molecular formula is C17H15F3N2O2. The van der Waals surface area contributed by atoms with Gasteiger partial charge in [-0.15, -0.1) is 0 Å². The van der Waals surface area contributed by atoms with Crippen LogP contribution in [0.15, 0.2) is 48.8 Å². The third-order valence-electron chi connectivity index (χ3n) is 4.09. The summed E-state index contributed by atoms with van der Waals surface area (Å²) >= 11 is 0. The number of β-amino-alcohol motifs (C(OH)–C–C–N with tert-alkyl or cyclic N) is 1. The number of carbonyl (C=O) groups is 1. The molecule has 24 heavy (non-hydrogen) atoms. The van der Waals surface area contributed by atoms with Crippen molar-refractivity contribution < 1.29 is 23.1 Å². The van der Waals surface area contributed by atoms with Gasteiger partial charge in [0, 0.05) is 24.5 Å². The summed E-state index contributed by atoms with van der Waals surface area (Å²) in [6.45, 7) is -0.00197. The molecule has 1 saturated heterocycles. The number of rotatable bonds is 2. The van der Waals surface area contributed by atoms with Gasteiger partial charge in [0.2, 0.25) is 0 Å². The summed E-state index contributed by atoms with van der Waals surface area (Å²) in [6.07, 6.45) is -2.42. The Bertz CT molecular complexity index is 734. The van der Waals surface area contributed by atoms with Crippen LogP contribution in [0, 0.1) is 0 Å². The number of aliphatic hydroxyl groups is 1. The third kappa shape index (κ3) is 3.12. The van der Waals surface area contributed by atoms with E-state index in [2.05, 4.69) is 4.98 Å². The molecule has 1 aromatic heterocycles. The molecule has 0 unspecified atom stereocenters. The first kappa shape index (κ1) is 16.4. The van der Waals surface area contributed by atoms with E-state index in [-0.39, 0.29) is 18.5 Å². The van der Waals surface area contributed by atoms with Crippen LogP contribution in [-0.2, 0) is 6.18 Å². The normalized spacial score (nSPS) is 21.1. The van der Waals surface area contributed by atoms with Crippen molar-refractivity contribution in [1.82, 2.24) is 9.88 Å². The summed E-state index contributed by atoms with van der Waals surface area (Å²) in [5, 5.41) is 9.93. The Kier molecular flexibility index (Phi) is 4.28. The van der Waals surface area contributed by atoms with E-state index >= 15 is 0 Å². The van der Waals surface area contributed by atoms with E-state index < -0.39 is 29.8 Å². The number of likely N-dealkylation sites (tertiary alicyclic amines) is 1. The maximum Gasteiger partial charge on any atom is 0.416 e. The maximum atomic E-state index is 13.3. The van der Waals surface area contributed by atoms with Gasteiger partial charge in [0.05, 0.1) is 17.7 Å². The summed E-state index contributed by atoms with van der Waals surface area (Å²) in [4.78, 5) is 17.8. The predicted molar refractivity (Wildman–Crippen MR) is 80.1 cm³/mol. The quantitative estimate of drug-likeness (QED) is 0.917. The second kappa shape index (κ2) is 6.24. The Morgan fingerprint density at radius 2 is 1.83 bits per heavy atom. The van der Waals surface area contributed by atoms with Crippen LogP contribution in [0.4, 0.5) is 13.2 Å². The molecule has 126 valence electrons. The fraction of sp³-hybridized carbons (Fsp3) is 0.294. The molecule has 0 saturated carbocycles. The molecule has 2 atom stereocenters. The van der Waals surface area contributed by atoms with E-state index in [1.807, 2.05) is 0 Å². The number of aliphatic hydroxyl groups excluding tert-OH is 1. The fourth-order valence-electron chi connectivity index (χ4n) is 3.04. The van der Waals surface area contributed by atoms with Gasteiger partial charge in [-0.2, -0.15) is 13.2 Å². The molecule has 1 fully saturated rings. The van der Waals surface area contributed by atoms with Crippen molar-refractivity contribution in [2.45, 2.75) is 24.7 Å². The Morgan fingerprint density at radius 3 is 2.50 bits per heavy atom. The summed E-state index contributed by atoms with van der Waals surface area (Å²) in [5.74, 6) is -0.420. The lowest BCUT2D eigenvalue weighted by atomic mass is 9.97. The molecule has 2 heterocycles. The summed E-state index contributed by atoms with van der Waals surface area (Å²) in [5.41, 5.74) is -0.450. The first-order valence-corrected chi connectivity index (χ1v) is 7.43. The zero-order chi connectivity index (χ0) is 17.3. The summed E-state index contributed by atoms with van der Waals surface area (Å²) in [6, 6.07) is 7.35. The summed E-state index contributed by atoms with van der Waals surface area (Å²) in [7, 11) is 0. The number of benzene rings is 1. The van der Waals surface area contributed by atoms with E-state index in [0.29, 0.717) is 5.56 Å². The minimum absolute atomic E-state index is 0.00197. The van der Waals surface area contributed by atoms with Crippen LogP contribution in [-0.4, -0.2) is 33.5 Å². The van der Waals surface area contributed by atoms with E-state index in [9.17, 15) is 23.1 Å². The molecule has 0 spiro atoms. The number of halogens is 3. The van der Waals surface area contributed by atoms with Gasteiger partial charge >= 0.3 is 6.18 Å². The minimum Gasteiger partial charge on any atom is -0.391 e. The van der Waals surface area contributed by atoms with Crippen molar-refractivity contribution in [3.63, 3.8) is 0 Å². The molecule has 0 radical (unpaired) electrons. The largest absolute Gasteiger partial charge is 0.416 e. The Balaban J connectivity index is 1.99. The van der Waals surface area contributed by atoms with Gasteiger partial charge in [-0.25, -0.2) is 0 Å². The van der Waals surface area contributed by atoms with Crippen LogP contribution < -0.4 is 0 Å². The number of carbonyl (C=O) groups excluding carboxylic acids is 1. The van der Waals surface area contributed by atoms with Crippen molar-refractivity contribution in [3.05, 3.63) is 65.5 Å². The van der Waals surface area contributed by atoms with E-state index in [1.165, 1.54) is 47.6 Å². The average Bonchev–Trinajstić information content (AvgIpc) is 2.96. The van der Waals surface area contributed by atoms with E-state index in [1.54, 1.807) is 0 Å². The molecule has 1 aliphatic heterocycles. The number of aromatic nitrogens is 1. The van der Waals surface area contributed by atoms with Crippen LogP contribution in [0.2, 0.25) is 0 Å². The lowest BCUT2D eigenvalue weighted by molar-refractivity contribution is -0.138. The lowest BCUT2D eigenvalue weighted by Gasteiger charge is -2.27. The maximum absolute atomic E-state index is 13.3. The number of nitrogens with zero attached hydrogens (tertiary/aromatic N) is 2. The van der Waals surface area contributed by atoms with Gasteiger partial charge in [-0.3, -0.25) is 9.78 Å². The third-order valence-corrected chi connectivity index (χ3v) is 4.09. The monoisotopic (exact) mass is 336 g/mol. The van der Waals surface area contributed by atoms with Crippen LogP contribution in [0.25, 0.3) is 0 Å². The van der Waals surface area contributed by atoms with Crippen molar-refractivity contribution >= 4 is 5.91 Å². The SMILES string of the molecule is O=C(c1ccncc1)N1C[C@H](O)C[C@@H]1c1ccccc1C(F)(F)F. The number of pyridine rings is 1. The second-order valence-corrected chi connectivity index (χ2v) is 5.68. The van der Waals surface area contributed by atoms with Gasteiger partial charge in [0.15, 0.2) is 0 Å². The average molecular weight is 336 g/mol. The number of amides is 1. The standard InChI is InChI=1S/C17H15F3N2O2/c18-17(19,20)14-4-2-1-3-13(14)15-9-12(23)10-22(15)16(24)11-5-7-21-8-6-11/h1-8,12,15,23H,9-10H2/t12-,15-/m1/s1. The Hall–Kier alpha value is -2.41. The van der Waals surface area contributed by atoms with Crippen molar-refractivity contribution in [2.75, 3.05) is 6.54 Å². The van der Waals surface area contributed by atoms with Crippen LogP contribution in [0.1, 0.15) is 33.9 Å². The topological polar surface area (TPSA) is 53.4 Å². The predicted octanol–water partition coefficient (Wildman–Crippen LogP) is 3.05. The Morgan fingerprint density at radius 1 is 1.17 bits per heavy atom. The van der Waals surface area contributed by atoms with Crippen molar-refractivity contribution in [2.24, 2.45) is 0 Å². The van der Waals surface area contributed by atoms with E-state index in [0.717, 1.165) is 6.07 Å². The second-order valence-electron chi connectivity index (χ2n) is 5.68. The molecule has 1 aliphatic rings. The van der Waals surface area contributed by atoms with Crippen LogP contribution in [0.3, 0.4) is 0 Å². The highest BCUT2D eigenvalue weighted by Crippen LogP contribution is 2.40. The summed E-state index contributed by atoms with van der Waals surface area (Å²) < 4.78 is 39.8. The smallest absolute Gasteiger partial charge is 0.391 e. The highest BCUT2D eigenvalue weighted by atomic mass is 19.4. The molecule has 1 amide bonds. The minimum atomic E-state index is -4.52. The van der Waals surface area contributed by atoms with Gasteiger partial charge < -0.3 is 10.0 Å². The highest BCUT2D eigenvalue weighted by molar-refractivity contribution is 5.94. The molecule has 0 bridgehead atoms. The molecule has 1 aromatic carbocycles. The van der Waals surface area contributed by atoms with Crippen LogP contribution in [0.5, 0.6) is 0 Å². The van der Waals surface area contributed by atoms with Gasteiger partial charge in [0.25, 0.3) is 5.91 Å². The first-order valence-electron chi connectivity index (χ1n) is 7.43. The number of hydrogen-bond donors (Lipinski definition) is 1. The molecule has 0 aliphatic carbocycles. The Labute approximate surface area is 136 Å². The zero-order valence-corrected chi connectivity index (χ0v) is 12.6. The highest BCUT2D eigenvalue weighted by Gasteiger charge is 2.41. The fourth-order valence-corrected chi connectivity index (χ4v) is 3.04. The van der Waals surface area contributed by atoms with Crippen molar-refractivity contribution in [1.29, 1.82) is 0 Å². The number of hydrogen-bond acceptors (Lipinski definition) is 3. The zero-order valence-electron chi connectivity index (χ0n) is 12.6. The molecule has 2 aromatic rings. The molecule has 3 rings (SSSR count). The molecule has 1 N–H and O–H groups in total. The number of alkyl halides is 3. The van der Waals surface area contributed by atoms with Gasteiger partial charge in [-0.1, -0.05) is 18.2 Å². The van der Waals surface area contributed by atoms with Crippen LogP contribution >= 0.6 is 0 Å². The van der Waals surface area contributed by atoms with E-state index in [4.69, 9.17) is 0 Å². The van der Waals surface area contributed by atoms with Gasteiger partial charge in [-0.05, 0) is 30.2 Å². The molecule has 7 heteroatoms. The molecular weight excluding hydrogens is 321 g/mol. The lowest BCUT2D eigenvalue weighted by Crippen LogP contribution is -2.32. The van der Waals surface area contributed by atoms with Crippen molar-refractivity contribution in [3.8, 4) is 0 Å². The van der Waals surface area contributed by atoms with Gasteiger partial charge in [0.1, 0.15) is 0 Å². The molecule has 4 nitrogen and oxygen atoms in total.